The number of fused-ring (bicyclic) bond motifs is 6. The van der Waals surface area contributed by atoms with E-state index in [1.807, 2.05) is 22.7 Å². The molecule has 0 saturated carbocycles. The van der Waals surface area contributed by atoms with Gasteiger partial charge in [0.2, 0.25) is 0 Å². The molecule has 12 aromatic carbocycles. The van der Waals surface area contributed by atoms with Gasteiger partial charge < -0.3 is 9.80 Å². The molecule has 2 aromatic heterocycles. The molecule has 0 spiro atoms. The normalized spacial score (nSPS) is 11.5. The molecule has 0 N–H and O–H groups in total. The maximum absolute atomic E-state index is 2.51. The fourth-order valence-electron chi connectivity index (χ4n) is 12.0. The lowest BCUT2D eigenvalue weighted by atomic mass is 9.94. The molecule has 382 valence electrons. The van der Waals surface area contributed by atoms with Crippen LogP contribution in [-0.4, -0.2) is 0 Å². The molecule has 80 heavy (non-hydrogen) atoms. The van der Waals surface area contributed by atoms with Crippen LogP contribution in [0.3, 0.4) is 0 Å². The first-order valence-electron chi connectivity index (χ1n) is 27.5. The maximum atomic E-state index is 2.51. The van der Waals surface area contributed by atoms with Gasteiger partial charge in [-0.25, -0.2) is 0 Å². The molecule has 0 aliphatic heterocycles. The first-order chi connectivity index (χ1) is 39.3. The van der Waals surface area contributed by atoms with E-state index in [0.717, 1.165) is 22.7 Å². The van der Waals surface area contributed by atoms with Crippen molar-refractivity contribution in [3.8, 4) is 55.6 Å². The van der Waals surface area contributed by atoms with E-state index in [1.54, 1.807) is 0 Å². The lowest BCUT2D eigenvalue weighted by Gasteiger charge is -2.31. The first kappa shape index (κ1) is 49.0. The molecule has 0 unspecified atom stereocenters. The van der Waals surface area contributed by atoms with Crippen LogP contribution in [0.25, 0.3) is 96.0 Å². The van der Waals surface area contributed by atoms with Crippen LogP contribution in [-0.2, 0) is 0 Å². The largest absolute Gasteiger partial charge is 0.309 e. The summed E-state index contributed by atoms with van der Waals surface area (Å²) in [5.74, 6) is 0. The summed E-state index contributed by atoms with van der Waals surface area (Å²) in [5, 5.41) is 5.13. The van der Waals surface area contributed by atoms with Crippen LogP contribution in [0.5, 0.6) is 0 Å². The Morgan fingerprint density at radius 2 is 0.588 bits per heavy atom. The van der Waals surface area contributed by atoms with Gasteiger partial charge in [-0.2, -0.15) is 0 Å². The number of rotatable bonds is 11. The fourth-order valence-corrected chi connectivity index (χ4v) is 14.2. The van der Waals surface area contributed by atoms with Crippen LogP contribution in [0, 0.1) is 27.7 Å². The van der Waals surface area contributed by atoms with Crippen molar-refractivity contribution < 1.29 is 0 Å². The third-order valence-electron chi connectivity index (χ3n) is 16.0. The summed E-state index contributed by atoms with van der Waals surface area (Å²) in [6.07, 6.45) is 0. The second kappa shape index (κ2) is 20.5. The van der Waals surface area contributed by atoms with Crippen LogP contribution in [0.2, 0.25) is 0 Å². The van der Waals surface area contributed by atoms with Crippen LogP contribution in [0.15, 0.2) is 267 Å². The van der Waals surface area contributed by atoms with Gasteiger partial charge in [-0.1, -0.05) is 194 Å². The number of nitrogens with zero attached hydrogens (tertiary/aromatic N) is 2. The van der Waals surface area contributed by atoms with Gasteiger partial charge in [0.25, 0.3) is 0 Å². The highest BCUT2D eigenvalue weighted by molar-refractivity contribution is 7.26. The highest BCUT2D eigenvalue weighted by atomic mass is 32.1. The standard InChI is InChI=1S/C76H56N2S2/c1-49-17-15-25-63(57-33-29-55(30-34-57)53-19-7-5-8-20-53)75(49)77(61-39-43-73-67(47-61)65-23-11-13-27-71(65)79-73)69-41-37-59(45-51(69)3)60-38-42-70(52(4)46-60)78(62-40-44-74-68(48-62)66-24-12-14-28-72(66)80-74)76-50(2)18-16-26-64(76)58-35-31-56(32-36-58)54-21-9-6-10-22-54/h5-48H,1-4H3. The Morgan fingerprint density at radius 1 is 0.237 bits per heavy atom. The summed E-state index contributed by atoms with van der Waals surface area (Å²) in [7, 11) is 0. The zero-order valence-electron chi connectivity index (χ0n) is 45.1. The molecule has 0 bridgehead atoms. The molecule has 0 amide bonds. The molecule has 0 aliphatic rings. The predicted molar refractivity (Wildman–Crippen MR) is 348 cm³/mol. The van der Waals surface area contributed by atoms with Gasteiger partial charge in [-0.05, 0) is 167 Å². The molecule has 14 rings (SSSR count). The Hall–Kier alpha value is -9.32. The number of thiophene rings is 2. The monoisotopic (exact) mass is 1060 g/mol. The van der Waals surface area contributed by atoms with Crippen molar-refractivity contribution in [1.82, 2.24) is 0 Å². The molecular formula is C76H56N2S2. The average molecular weight is 1060 g/mol. The fraction of sp³-hybridized carbons (Fsp3) is 0.0526. The van der Waals surface area contributed by atoms with Gasteiger partial charge in [-0.3, -0.25) is 0 Å². The summed E-state index contributed by atoms with van der Waals surface area (Å²) < 4.78 is 5.18. The average Bonchev–Trinajstić information content (AvgIpc) is 4.08. The lowest BCUT2D eigenvalue weighted by Crippen LogP contribution is -2.14. The minimum absolute atomic E-state index is 1.13. The lowest BCUT2D eigenvalue weighted by molar-refractivity contribution is 1.22. The summed E-state index contributed by atoms with van der Waals surface area (Å²) in [6.45, 7) is 9.05. The molecule has 0 aliphatic carbocycles. The highest BCUT2D eigenvalue weighted by Gasteiger charge is 2.25. The van der Waals surface area contributed by atoms with Crippen molar-refractivity contribution in [2.75, 3.05) is 9.80 Å². The highest BCUT2D eigenvalue weighted by Crippen LogP contribution is 2.49. The summed E-state index contributed by atoms with van der Waals surface area (Å²) in [4.78, 5) is 5.02. The van der Waals surface area contributed by atoms with Crippen LogP contribution in [0.4, 0.5) is 34.1 Å². The maximum Gasteiger partial charge on any atom is 0.0569 e. The topological polar surface area (TPSA) is 6.48 Å². The van der Waals surface area contributed by atoms with Crippen molar-refractivity contribution in [2.24, 2.45) is 0 Å². The second-order valence-corrected chi connectivity index (χ2v) is 23.2. The molecular weight excluding hydrogens is 1000 g/mol. The van der Waals surface area contributed by atoms with E-state index >= 15 is 0 Å². The summed E-state index contributed by atoms with van der Waals surface area (Å²) in [6, 6.07) is 98.6. The van der Waals surface area contributed by atoms with Crippen molar-refractivity contribution >= 4 is 97.1 Å². The predicted octanol–water partition coefficient (Wildman–Crippen LogP) is 22.9. The van der Waals surface area contributed by atoms with Gasteiger partial charge >= 0.3 is 0 Å². The third kappa shape index (κ3) is 8.84. The van der Waals surface area contributed by atoms with Crippen molar-refractivity contribution in [1.29, 1.82) is 0 Å². The first-order valence-corrected chi connectivity index (χ1v) is 29.1. The number of hydrogen-bond donors (Lipinski definition) is 0. The van der Waals surface area contributed by atoms with Crippen LogP contribution in [0.1, 0.15) is 22.3 Å². The van der Waals surface area contributed by atoms with Crippen molar-refractivity contribution in [2.45, 2.75) is 27.7 Å². The smallest absolute Gasteiger partial charge is 0.0569 e. The van der Waals surface area contributed by atoms with E-state index in [0.29, 0.717) is 0 Å². The summed E-state index contributed by atoms with van der Waals surface area (Å²) in [5.41, 5.74) is 23.6. The molecule has 0 atom stereocenters. The van der Waals surface area contributed by atoms with Crippen LogP contribution >= 0.6 is 22.7 Å². The quantitative estimate of drug-likeness (QED) is 0.127. The molecule has 0 saturated heterocycles. The Labute approximate surface area is 476 Å². The number of aryl methyl sites for hydroxylation is 4. The molecule has 0 radical (unpaired) electrons. The van der Waals surface area contributed by atoms with Crippen LogP contribution < -0.4 is 9.80 Å². The van der Waals surface area contributed by atoms with E-state index in [4.69, 9.17) is 0 Å². The second-order valence-electron chi connectivity index (χ2n) is 21.1. The van der Waals surface area contributed by atoms with E-state index in [2.05, 4.69) is 304 Å². The van der Waals surface area contributed by atoms with Gasteiger partial charge in [-0.15, -0.1) is 22.7 Å². The summed E-state index contributed by atoms with van der Waals surface area (Å²) >= 11 is 3.72. The molecule has 0 fully saturated rings. The molecule has 2 nitrogen and oxygen atoms in total. The minimum Gasteiger partial charge on any atom is -0.309 e. The van der Waals surface area contributed by atoms with Gasteiger partial charge in [0, 0.05) is 74.2 Å². The third-order valence-corrected chi connectivity index (χ3v) is 18.3. The van der Waals surface area contributed by atoms with Gasteiger partial charge in [0.1, 0.15) is 0 Å². The van der Waals surface area contributed by atoms with Gasteiger partial charge in [0.05, 0.1) is 11.4 Å². The Morgan fingerprint density at radius 3 is 1.00 bits per heavy atom. The zero-order valence-corrected chi connectivity index (χ0v) is 46.7. The molecule has 4 heteroatoms. The Balaban J connectivity index is 0.887. The van der Waals surface area contributed by atoms with E-state index in [9.17, 15) is 0 Å². The number of hydrogen-bond acceptors (Lipinski definition) is 4. The number of para-hydroxylation sites is 2. The Kier molecular flexibility index (Phi) is 12.5. The Bertz CT molecular complexity index is 4330. The zero-order chi connectivity index (χ0) is 53.8. The van der Waals surface area contributed by atoms with E-state index in [1.165, 1.54) is 130 Å². The molecule has 2 heterocycles. The SMILES string of the molecule is Cc1cc(-c2ccc(N(c3ccc4sc5ccccc5c4c3)c3c(C)cccc3-c3ccc(-c4ccccc4)cc3)c(C)c2)ccc1N(c1ccc2sc3ccccc3c2c1)c1c(C)cccc1-c1ccc(-c2ccccc2)cc1. The van der Waals surface area contributed by atoms with Crippen molar-refractivity contribution in [3.63, 3.8) is 0 Å². The van der Waals surface area contributed by atoms with E-state index < -0.39 is 0 Å². The number of benzene rings is 12. The van der Waals surface area contributed by atoms with E-state index in [-0.39, 0.29) is 0 Å². The number of anilines is 6. The van der Waals surface area contributed by atoms with Crippen molar-refractivity contribution in [3.05, 3.63) is 289 Å². The molecule has 14 aromatic rings. The van der Waals surface area contributed by atoms with Gasteiger partial charge in [0.15, 0.2) is 0 Å². The minimum atomic E-state index is 1.13.